The van der Waals surface area contributed by atoms with E-state index in [2.05, 4.69) is 36.5 Å². The van der Waals surface area contributed by atoms with Gasteiger partial charge >= 0.3 is 0 Å². The van der Waals surface area contributed by atoms with E-state index in [-0.39, 0.29) is 10.8 Å². The van der Waals surface area contributed by atoms with Crippen molar-refractivity contribution in [2.24, 2.45) is 0 Å². The zero-order valence-electron chi connectivity index (χ0n) is 11.4. The molecule has 0 amide bonds. The van der Waals surface area contributed by atoms with E-state index in [4.69, 9.17) is 11.6 Å². The van der Waals surface area contributed by atoms with E-state index in [1.54, 1.807) is 12.1 Å². The molecular formula is C17H17ClFN. The van der Waals surface area contributed by atoms with Crippen molar-refractivity contribution in [3.05, 3.63) is 64.4 Å². The Morgan fingerprint density at radius 3 is 2.45 bits per heavy atom. The van der Waals surface area contributed by atoms with Gasteiger partial charge in [-0.1, -0.05) is 41.4 Å². The second-order valence-electron chi connectivity index (χ2n) is 5.55. The number of halogens is 2. The lowest BCUT2D eigenvalue weighted by Crippen LogP contribution is -2.33. The molecule has 20 heavy (non-hydrogen) atoms. The zero-order chi connectivity index (χ0) is 14.1. The summed E-state index contributed by atoms with van der Waals surface area (Å²) in [6, 6.07) is 14.0. The van der Waals surface area contributed by atoms with Gasteiger partial charge in [0, 0.05) is 11.7 Å². The van der Waals surface area contributed by atoms with Crippen molar-refractivity contribution >= 4 is 17.3 Å². The fourth-order valence-electron chi connectivity index (χ4n) is 2.67. The quantitative estimate of drug-likeness (QED) is 0.824. The molecule has 1 nitrogen and oxygen atoms in total. The molecule has 0 bridgehead atoms. The fourth-order valence-corrected chi connectivity index (χ4v) is 2.85. The van der Waals surface area contributed by atoms with Crippen molar-refractivity contribution < 1.29 is 4.39 Å². The highest BCUT2D eigenvalue weighted by Gasteiger charge is 2.30. The van der Waals surface area contributed by atoms with E-state index < -0.39 is 0 Å². The van der Waals surface area contributed by atoms with Gasteiger partial charge < -0.3 is 5.32 Å². The van der Waals surface area contributed by atoms with E-state index in [9.17, 15) is 4.39 Å². The molecule has 2 aromatic rings. The molecule has 0 aromatic heterocycles. The first-order valence-electron chi connectivity index (χ1n) is 6.90. The highest BCUT2D eigenvalue weighted by atomic mass is 35.5. The summed E-state index contributed by atoms with van der Waals surface area (Å²) in [6.07, 6.45) is 2.22. The molecule has 3 rings (SSSR count). The van der Waals surface area contributed by atoms with Crippen LogP contribution < -0.4 is 5.32 Å². The van der Waals surface area contributed by atoms with Crippen LogP contribution in [-0.4, -0.2) is 6.04 Å². The molecule has 0 heterocycles. The van der Waals surface area contributed by atoms with Crippen molar-refractivity contribution in [1.29, 1.82) is 0 Å². The van der Waals surface area contributed by atoms with E-state index in [0.29, 0.717) is 12.0 Å². The van der Waals surface area contributed by atoms with E-state index >= 15 is 0 Å². The second kappa shape index (κ2) is 5.45. The van der Waals surface area contributed by atoms with Gasteiger partial charge in [0.2, 0.25) is 0 Å². The van der Waals surface area contributed by atoms with Crippen LogP contribution in [0.15, 0.2) is 42.5 Å². The van der Waals surface area contributed by atoms with Crippen LogP contribution in [0.3, 0.4) is 0 Å². The molecule has 0 saturated heterocycles. The van der Waals surface area contributed by atoms with Crippen LogP contribution >= 0.6 is 11.6 Å². The van der Waals surface area contributed by atoms with Gasteiger partial charge in [-0.15, -0.1) is 0 Å². The van der Waals surface area contributed by atoms with Gasteiger partial charge in [-0.3, -0.25) is 0 Å². The first-order valence-corrected chi connectivity index (χ1v) is 7.28. The molecule has 2 aromatic carbocycles. The van der Waals surface area contributed by atoms with Crippen LogP contribution in [0, 0.1) is 12.7 Å². The standard InChI is InChI=1S/C17H17ClFN/c1-11-2-4-12(5-3-11)13-8-15(9-13)20-14-6-7-17(19)16(18)10-14/h2-7,10,13,15,20H,8-9H2,1H3. The van der Waals surface area contributed by atoms with Crippen molar-refractivity contribution in [2.75, 3.05) is 5.32 Å². The lowest BCUT2D eigenvalue weighted by atomic mass is 9.75. The molecule has 1 aliphatic rings. The molecule has 0 aliphatic heterocycles. The fraction of sp³-hybridized carbons (Fsp3) is 0.294. The van der Waals surface area contributed by atoms with E-state index in [1.807, 2.05) is 0 Å². The average Bonchev–Trinajstić information content (AvgIpc) is 2.39. The summed E-state index contributed by atoms with van der Waals surface area (Å²) in [5, 5.41) is 3.58. The predicted octanol–water partition coefficient (Wildman–Crippen LogP) is 5.15. The van der Waals surface area contributed by atoms with E-state index in [0.717, 1.165) is 18.5 Å². The van der Waals surface area contributed by atoms with Gasteiger partial charge in [-0.05, 0) is 49.4 Å². The molecule has 1 aliphatic carbocycles. The van der Waals surface area contributed by atoms with Crippen LogP contribution in [0.2, 0.25) is 5.02 Å². The minimum absolute atomic E-state index is 0.171. The van der Waals surface area contributed by atoms with Crippen molar-refractivity contribution in [3.8, 4) is 0 Å². The first kappa shape index (κ1) is 13.4. The summed E-state index contributed by atoms with van der Waals surface area (Å²) in [6.45, 7) is 2.10. The molecule has 1 fully saturated rings. The molecule has 3 heteroatoms. The zero-order valence-corrected chi connectivity index (χ0v) is 12.1. The smallest absolute Gasteiger partial charge is 0.141 e. The maximum Gasteiger partial charge on any atom is 0.141 e. The largest absolute Gasteiger partial charge is 0.382 e. The number of benzene rings is 2. The molecule has 104 valence electrons. The van der Waals surface area contributed by atoms with E-state index in [1.165, 1.54) is 17.2 Å². The Kier molecular flexibility index (Phi) is 3.66. The molecule has 1 N–H and O–H groups in total. The van der Waals surface area contributed by atoms with Gasteiger partial charge in [-0.2, -0.15) is 0 Å². The van der Waals surface area contributed by atoms with Crippen LogP contribution in [0.1, 0.15) is 29.9 Å². The summed E-state index contributed by atoms with van der Waals surface area (Å²) in [5.74, 6) is 0.257. The summed E-state index contributed by atoms with van der Waals surface area (Å²) >= 11 is 5.78. The summed E-state index contributed by atoms with van der Waals surface area (Å²) < 4.78 is 13.1. The normalized spacial score (nSPS) is 21.4. The topological polar surface area (TPSA) is 12.0 Å². The van der Waals surface area contributed by atoms with Crippen LogP contribution in [0.5, 0.6) is 0 Å². The first-order chi connectivity index (χ1) is 9.61. The number of aryl methyl sites for hydroxylation is 1. The highest BCUT2D eigenvalue weighted by molar-refractivity contribution is 6.31. The lowest BCUT2D eigenvalue weighted by molar-refractivity contribution is 0.374. The van der Waals surface area contributed by atoms with Crippen LogP contribution in [0.25, 0.3) is 0 Å². The third-order valence-corrected chi connectivity index (χ3v) is 4.27. The number of anilines is 1. The van der Waals surface area contributed by atoms with Crippen molar-refractivity contribution in [2.45, 2.75) is 31.7 Å². The van der Waals surface area contributed by atoms with Crippen molar-refractivity contribution in [3.63, 3.8) is 0 Å². The molecule has 0 radical (unpaired) electrons. The molecule has 1 saturated carbocycles. The van der Waals surface area contributed by atoms with Gasteiger partial charge in [-0.25, -0.2) is 4.39 Å². The van der Waals surface area contributed by atoms with Gasteiger partial charge in [0.1, 0.15) is 5.82 Å². The number of hydrogen-bond donors (Lipinski definition) is 1. The maximum absolute atomic E-state index is 13.1. The second-order valence-corrected chi connectivity index (χ2v) is 5.96. The average molecular weight is 290 g/mol. The highest BCUT2D eigenvalue weighted by Crippen LogP contribution is 2.38. The Balaban J connectivity index is 1.58. The van der Waals surface area contributed by atoms with Crippen LogP contribution in [0.4, 0.5) is 10.1 Å². The number of nitrogens with one attached hydrogen (secondary N) is 1. The Labute approximate surface area is 123 Å². The lowest BCUT2D eigenvalue weighted by Gasteiger charge is -2.37. The van der Waals surface area contributed by atoms with Gasteiger partial charge in [0.15, 0.2) is 0 Å². The summed E-state index contributed by atoms with van der Waals surface area (Å²) in [7, 11) is 0. The minimum atomic E-state index is -0.372. The Bertz CT molecular complexity index is 603. The maximum atomic E-state index is 13.1. The van der Waals surface area contributed by atoms with Crippen LogP contribution in [-0.2, 0) is 0 Å². The minimum Gasteiger partial charge on any atom is -0.382 e. The number of rotatable bonds is 3. The summed E-state index contributed by atoms with van der Waals surface area (Å²) in [4.78, 5) is 0. The number of hydrogen-bond acceptors (Lipinski definition) is 1. The van der Waals surface area contributed by atoms with Crippen molar-refractivity contribution in [1.82, 2.24) is 0 Å². The molecule has 0 spiro atoms. The monoisotopic (exact) mass is 289 g/mol. The Morgan fingerprint density at radius 1 is 1.10 bits per heavy atom. The third-order valence-electron chi connectivity index (χ3n) is 3.98. The molecular weight excluding hydrogens is 273 g/mol. The van der Waals surface area contributed by atoms with Gasteiger partial charge in [0.05, 0.1) is 5.02 Å². The molecule has 0 unspecified atom stereocenters. The Morgan fingerprint density at radius 2 is 1.80 bits per heavy atom. The third kappa shape index (κ3) is 2.80. The SMILES string of the molecule is Cc1ccc(C2CC(Nc3ccc(F)c(Cl)c3)C2)cc1. The summed E-state index contributed by atoms with van der Waals surface area (Å²) in [5.41, 5.74) is 3.60. The van der Waals surface area contributed by atoms with Gasteiger partial charge in [0.25, 0.3) is 0 Å². The molecule has 0 atom stereocenters. The Hall–Kier alpha value is -1.54. The predicted molar refractivity (Wildman–Crippen MR) is 82.0 cm³/mol.